The predicted molar refractivity (Wildman–Crippen MR) is 125 cm³/mol. The zero-order chi connectivity index (χ0) is 22.7. The highest BCUT2D eigenvalue weighted by Crippen LogP contribution is 2.17. The average Bonchev–Trinajstić information content (AvgIpc) is 2.80. The number of nitriles is 1. The number of halogens is 1. The number of benzene rings is 1. The first kappa shape index (κ1) is 21.7. The van der Waals surface area contributed by atoms with E-state index in [1.807, 2.05) is 6.07 Å². The summed E-state index contributed by atoms with van der Waals surface area (Å²) >= 11 is 3.38. The van der Waals surface area contributed by atoms with Crippen molar-refractivity contribution in [2.45, 2.75) is 32.7 Å². The molecule has 0 aliphatic carbocycles. The number of hydrogen-bond donors (Lipinski definition) is 0. The standard InChI is InChI=1S/C24H20BrN5O2/c1-2-3-7-13-30-21(28-23(31)17-9-4-5-10-19(17)25)16(15-26)14-18-22(30)27-20-11-6-8-12-29(20)24(18)32/h4-6,8-12,14H,2-3,7,13H2,1H3. The van der Waals surface area contributed by atoms with Gasteiger partial charge in [0.25, 0.3) is 11.5 Å². The molecule has 0 aliphatic rings. The number of carbonyl (C=O) groups excluding carboxylic acids is 1. The van der Waals surface area contributed by atoms with Gasteiger partial charge < -0.3 is 4.57 Å². The van der Waals surface area contributed by atoms with Crippen molar-refractivity contribution in [1.29, 1.82) is 5.26 Å². The molecule has 1 aromatic carbocycles. The number of nitrogens with zero attached hydrogens (tertiary/aromatic N) is 5. The first-order valence-electron chi connectivity index (χ1n) is 10.3. The van der Waals surface area contributed by atoms with Crippen LogP contribution in [0.5, 0.6) is 0 Å². The molecule has 8 heteroatoms. The summed E-state index contributed by atoms with van der Waals surface area (Å²) < 4.78 is 3.79. The molecule has 0 aliphatic heterocycles. The van der Waals surface area contributed by atoms with Crippen molar-refractivity contribution in [2.75, 3.05) is 0 Å². The molecular formula is C24H20BrN5O2. The molecule has 0 saturated carbocycles. The monoisotopic (exact) mass is 489 g/mol. The van der Waals surface area contributed by atoms with E-state index < -0.39 is 5.91 Å². The largest absolute Gasteiger partial charge is 0.309 e. The second kappa shape index (κ2) is 9.28. The van der Waals surface area contributed by atoms with Gasteiger partial charge in [0.1, 0.15) is 17.4 Å². The highest BCUT2D eigenvalue weighted by Gasteiger charge is 2.16. The molecule has 160 valence electrons. The van der Waals surface area contributed by atoms with Crippen molar-refractivity contribution in [3.63, 3.8) is 0 Å². The first-order chi connectivity index (χ1) is 15.5. The number of carbonyl (C=O) groups is 1. The van der Waals surface area contributed by atoms with Gasteiger partial charge in [-0.1, -0.05) is 38.0 Å². The maximum absolute atomic E-state index is 13.1. The molecule has 0 unspecified atom stereocenters. The minimum atomic E-state index is -0.477. The molecule has 32 heavy (non-hydrogen) atoms. The minimum absolute atomic E-state index is 0.157. The molecule has 0 atom stereocenters. The van der Waals surface area contributed by atoms with Crippen molar-refractivity contribution >= 4 is 38.5 Å². The lowest BCUT2D eigenvalue weighted by Gasteiger charge is -2.13. The Morgan fingerprint density at radius 3 is 2.72 bits per heavy atom. The molecule has 4 rings (SSSR count). The highest BCUT2D eigenvalue weighted by molar-refractivity contribution is 9.10. The Morgan fingerprint density at radius 1 is 1.19 bits per heavy atom. The number of unbranched alkanes of at least 4 members (excludes halogenated alkanes) is 2. The van der Waals surface area contributed by atoms with Crippen molar-refractivity contribution in [3.8, 4) is 6.07 Å². The lowest BCUT2D eigenvalue weighted by Crippen LogP contribution is -2.29. The molecule has 0 N–H and O–H groups in total. The van der Waals surface area contributed by atoms with E-state index in [9.17, 15) is 14.9 Å². The Hall–Kier alpha value is -3.57. The molecule has 0 saturated heterocycles. The van der Waals surface area contributed by atoms with Crippen LogP contribution in [0.4, 0.5) is 0 Å². The Balaban J connectivity index is 2.06. The predicted octanol–water partition coefficient (Wildman–Crippen LogP) is 4.21. The summed E-state index contributed by atoms with van der Waals surface area (Å²) in [7, 11) is 0. The maximum atomic E-state index is 13.1. The van der Waals surface area contributed by atoms with Gasteiger partial charge in [0.2, 0.25) is 0 Å². The smallest absolute Gasteiger partial charge is 0.280 e. The molecule has 1 amide bonds. The third kappa shape index (κ3) is 3.99. The number of aromatic nitrogens is 3. The number of rotatable bonds is 5. The molecule has 0 fully saturated rings. The summed E-state index contributed by atoms with van der Waals surface area (Å²) in [6.07, 6.45) is 4.40. The van der Waals surface area contributed by atoms with Crippen LogP contribution in [0, 0.1) is 11.3 Å². The van der Waals surface area contributed by atoms with E-state index in [1.54, 1.807) is 47.2 Å². The van der Waals surface area contributed by atoms with E-state index in [0.29, 0.717) is 33.3 Å². The zero-order valence-electron chi connectivity index (χ0n) is 17.5. The molecule has 0 radical (unpaired) electrons. The van der Waals surface area contributed by atoms with Gasteiger partial charge in [-0.15, -0.1) is 0 Å². The average molecular weight is 490 g/mol. The van der Waals surface area contributed by atoms with Gasteiger partial charge in [-0.3, -0.25) is 14.0 Å². The van der Waals surface area contributed by atoms with Gasteiger partial charge >= 0.3 is 0 Å². The number of pyridine rings is 2. The minimum Gasteiger partial charge on any atom is -0.309 e. The number of amides is 1. The Bertz CT molecular complexity index is 1510. The van der Waals surface area contributed by atoms with Crippen molar-refractivity contribution in [1.82, 2.24) is 14.0 Å². The van der Waals surface area contributed by atoms with Crippen molar-refractivity contribution in [3.05, 3.63) is 86.2 Å². The SMILES string of the molecule is CCCCCn1c(=NC(=O)c2ccccc2Br)c(C#N)cc2c(=O)n3ccccc3nc21. The van der Waals surface area contributed by atoms with E-state index in [4.69, 9.17) is 0 Å². The third-order valence-electron chi connectivity index (χ3n) is 5.21. The zero-order valence-corrected chi connectivity index (χ0v) is 19.0. The topological polar surface area (TPSA) is 92.5 Å². The lowest BCUT2D eigenvalue weighted by atomic mass is 10.2. The summed E-state index contributed by atoms with van der Waals surface area (Å²) in [5.41, 5.74) is 1.39. The van der Waals surface area contributed by atoms with Crippen LogP contribution in [0.1, 0.15) is 42.1 Å². The summed E-state index contributed by atoms with van der Waals surface area (Å²) in [6.45, 7) is 2.58. The van der Waals surface area contributed by atoms with Crippen LogP contribution >= 0.6 is 15.9 Å². The van der Waals surface area contributed by atoms with Gasteiger partial charge in [-0.25, -0.2) is 4.98 Å². The summed E-state index contributed by atoms with van der Waals surface area (Å²) in [5, 5.41) is 10.2. The van der Waals surface area contributed by atoms with Gasteiger partial charge in [0.15, 0.2) is 5.49 Å². The summed E-state index contributed by atoms with van der Waals surface area (Å²) in [5.74, 6) is -0.477. The van der Waals surface area contributed by atoms with E-state index >= 15 is 0 Å². The van der Waals surface area contributed by atoms with Crippen LogP contribution in [-0.4, -0.2) is 19.9 Å². The van der Waals surface area contributed by atoms with Crippen molar-refractivity contribution < 1.29 is 4.79 Å². The molecule has 3 aromatic heterocycles. The normalized spacial score (nSPS) is 11.7. The maximum Gasteiger partial charge on any atom is 0.280 e. The van der Waals surface area contributed by atoms with Crippen molar-refractivity contribution in [2.24, 2.45) is 4.99 Å². The molecule has 7 nitrogen and oxygen atoms in total. The van der Waals surface area contributed by atoms with Crippen LogP contribution in [0.2, 0.25) is 0 Å². The number of aryl methyl sites for hydroxylation is 1. The van der Waals surface area contributed by atoms with E-state index in [-0.39, 0.29) is 16.6 Å². The first-order valence-corrected chi connectivity index (χ1v) is 11.1. The molecule has 4 aromatic rings. The number of fused-ring (bicyclic) bond motifs is 2. The van der Waals surface area contributed by atoms with E-state index in [0.717, 1.165) is 19.3 Å². The second-order valence-electron chi connectivity index (χ2n) is 7.33. The summed E-state index contributed by atoms with van der Waals surface area (Å²) in [4.78, 5) is 35.1. The van der Waals surface area contributed by atoms with Gasteiger partial charge in [0.05, 0.1) is 16.5 Å². The fourth-order valence-corrected chi connectivity index (χ4v) is 4.06. The Kier molecular flexibility index (Phi) is 6.28. The number of hydrogen-bond acceptors (Lipinski definition) is 4. The third-order valence-corrected chi connectivity index (χ3v) is 5.90. The molecule has 3 heterocycles. The summed E-state index contributed by atoms with van der Waals surface area (Å²) in [6, 6.07) is 15.9. The van der Waals surface area contributed by atoms with Crippen LogP contribution in [-0.2, 0) is 6.54 Å². The van der Waals surface area contributed by atoms with Crippen LogP contribution in [0.3, 0.4) is 0 Å². The second-order valence-corrected chi connectivity index (χ2v) is 8.19. The lowest BCUT2D eigenvalue weighted by molar-refractivity contribution is 0.0996. The Labute approximate surface area is 192 Å². The molecule has 0 bridgehead atoms. The van der Waals surface area contributed by atoms with Gasteiger partial charge in [-0.05, 0) is 52.7 Å². The van der Waals surface area contributed by atoms with E-state index in [1.165, 1.54) is 10.5 Å². The Morgan fingerprint density at radius 2 is 1.97 bits per heavy atom. The van der Waals surface area contributed by atoms with Crippen LogP contribution in [0.25, 0.3) is 16.7 Å². The quantitative estimate of drug-likeness (QED) is 0.310. The fourth-order valence-electron chi connectivity index (χ4n) is 3.60. The van der Waals surface area contributed by atoms with Crippen LogP contribution < -0.4 is 11.0 Å². The highest BCUT2D eigenvalue weighted by atomic mass is 79.9. The fraction of sp³-hybridized carbons (Fsp3) is 0.208. The molecular weight excluding hydrogens is 470 g/mol. The van der Waals surface area contributed by atoms with Gasteiger partial charge in [-0.2, -0.15) is 10.3 Å². The van der Waals surface area contributed by atoms with E-state index in [2.05, 4.69) is 38.9 Å². The molecule has 0 spiro atoms. The van der Waals surface area contributed by atoms with Gasteiger partial charge in [0, 0.05) is 17.2 Å². The van der Waals surface area contributed by atoms with Crippen LogP contribution in [0.15, 0.2) is 69.0 Å².